The van der Waals surface area contributed by atoms with E-state index in [1.54, 1.807) is 0 Å². The highest BCUT2D eigenvalue weighted by atomic mass is 16.2. The highest BCUT2D eigenvalue weighted by Crippen LogP contribution is 2.38. The molecular formula is C23H33N3O3. The summed E-state index contributed by atoms with van der Waals surface area (Å²) in [6.45, 7) is 10.1. The minimum atomic E-state index is -0.839. The smallest absolute Gasteiger partial charge is 0.324 e. The van der Waals surface area contributed by atoms with Crippen molar-refractivity contribution in [1.82, 2.24) is 10.2 Å². The molecule has 0 bridgehead atoms. The molecule has 0 unspecified atom stereocenters. The lowest BCUT2D eigenvalue weighted by Gasteiger charge is -2.36. The Bertz CT molecular complexity index is 791. The normalized spacial score (nSPS) is 24.5. The minimum absolute atomic E-state index is 0.0787. The van der Waals surface area contributed by atoms with Gasteiger partial charge in [-0.15, -0.1) is 0 Å². The van der Waals surface area contributed by atoms with Crippen LogP contribution in [0.2, 0.25) is 0 Å². The zero-order chi connectivity index (χ0) is 21.3. The van der Waals surface area contributed by atoms with Crippen LogP contribution in [0.3, 0.4) is 0 Å². The van der Waals surface area contributed by atoms with Crippen LogP contribution < -0.4 is 10.6 Å². The van der Waals surface area contributed by atoms with Crippen molar-refractivity contribution in [1.29, 1.82) is 0 Å². The molecule has 3 rings (SSSR count). The molecule has 1 aromatic carbocycles. The summed E-state index contributed by atoms with van der Waals surface area (Å²) in [4.78, 5) is 39.6. The number of rotatable bonds is 5. The first-order chi connectivity index (χ1) is 13.7. The van der Waals surface area contributed by atoms with E-state index < -0.39 is 11.6 Å². The van der Waals surface area contributed by atoms with Crippen molar-refractivity contribution in [2.45, 2.75) is 77.7 Å². The molecule has 2 aliphatic rings. The molecule has 158 valence electrons. The van der Waals surface area contributed by atoms with Crippen LogP contribution >= 0.6 is 0 Å². The average Bonchev–Trinajstić information content (AvgIpc) is 2.89. The molecule has 1 saturated carbocycles. The number of benzene rings is 1. The molecule has 1 heterocycles. The zero-order valence-corrected chi connectivity index (χ0v) is 18.2. The van der Waals surface area contributed by atoms with Crippen LogP contribution in [-0.4, -0.2) is 34.8 Å². The Morgan fingerprint density at radius 2 is 1.79 bits per heavy atom. The van der Waals surface area contributed by atoms with Gasteiger partial charge in [0.25, 0.3) is 5.91 Å². The van der Waals surface area contributed by atoms with Crippen LogP contribution in [0.15, 0.2) is 18.2 Å². The Labute approximate surface area is 173 Å². The largest absolute Gasteiger partial charge is 0.325 e. The van der Waals surface area contributed by atoms with Gasteiger partial charge in [-0.3, -0.25) is 14.5 Å². The Kier molecular flexibility index (Phi) is 6.01. The van der Waals surface area contributed by atoms with Gasteiger partial charge in [0, 0.05) is 5.69 Å². The third-order valence-corrected chi connectivity index (χ3v) is 6.44. The van der Waals surface area contributed by atoms with Crippen LogP contribution in [0.5, 0.6) is 0 Å². The molecule has 1 aromatic rings. The van der Waals surface area contributed by atoms with Gasteiger partial charge in [0.05, 0.1) is 0 Å². The third kappa shape index (κ3) is 3.89. The number of nitrogens with zero attached hydrogens (tertiary/aromatic N) is 1. The monoisotopic (exact) mass is 399 g/mol. The third-order valence-electron chi connectivity index (χ3n) is 6.44. The molecule has 29 heavy (non-hydrogen) atoms. The number of hydrogen-bond donors (Lipinski definition) is 2. The molecule has 0 aromatic heterocycles. The summed E-state index contributed by atoms with van der Waals surface area (Å²) in [5.41, 5.74) is 2.07. The first kappa shape index (κ1) is 21.3. The Morgan fingerprint density at radius 3 is 2.34 bits per heavy atom. The summed E-state index contributed by atoms with van der Waals surface area (Å²) in [5.74, 6) is -0.0378. The lowest BCUT2D eigenvalue weighted by Crippen LogP contribution is -2.54. The van der Waals surface area contributed by atoms with Crippen molar-refractivity contribution < 1.29 is 14.4 Å². The molecule has 1 aliphatic heterocycles. The number of imide groups is 1. The van der Waals surface area contributed by atoms with Crippen LogP contribution in [-0.2, 0) is 9.59 Å². The molecule has 6 heteroatoms. The van der Waals surface area contributed by atoms with Crippen molar-refractivity contribution in [2.75, 3.05) is 11.9 Å². The van der Waals surface area contributed by atoms with E-state index in [1.165, 1.54) is 0 Å². The van der Waals surface area contributed by atoms with E-state index in [2.05, 4.69) is 38.3 Å². The van der Waals surface area contributed by atoms with Gasteiger partial charge in [-0.1, -0.05) is 65.7 Å². The molecule has 1 spiro atoms. The summed E-state index contributed by atoms with van der Waals surface area (Å²) >= 11 is 0. The number of para-hydroxylation sites is 1. The second-order valence-corrected chi connectivity index (χ2v) is 9.11. The highest BCUT2D eigenvalue weighted by Gasteiger charge is 2.55. The SMILES string of the molecule is CC(C)c1cccc(C(C)C)c1NC(=O)CN1C(=O)N[C@@]2(CCCC[C@H]2C)C1=O. The number of anilines is 1. The maximum Gasteiger partial charge on any atom is 0.325 e. The Balaban J connectivity index is 1.80. The Hall–Kier alpha value is -2.37. The van der Waals surface area contributed by atoms with Gasteiger partial charge in [0.1, 0.15) is 12.1 Å². The van der Waals surface area contributed by atoms with E-state index in [4.69, 9.17) is 0 Å². The average molecular weight is 400 g/mol. The van der Waals surface area contributed by atoms with Crippen molar-refractivity contribution >= 4 is 23.5 Å². The predicted octanol–water partition coefficient (Wildman–Crippen LogP) is 4.37. The summed E-state index contributed by atoms with van der Waals surface area (Å²) in [5, 5.41) is 5.90. The Morgan fingerprint density at radius 1 is 1.17 bits per heavy atom. The molecule has 1 aliphatic carbocycles. The molecule has 6 nitrogen and oxygen atoms in total. The number of hydrogen-bond acceptors (Lipinski definition) is 3. The molecular weight excluding hydrogens is 366 g/mol. The molecule has 4 amide bonds. The van der Waals surface area contributed by atoms with E-state index in [0.717, 1.165) is 41.0 Å². The van der Waals surface area contributed by atoms with Crippen LogP contribution in [0.1, 0.15) is 83.3 Å². The number of amides is 4. The highest BCUT2D eigenvalue weighted by molar-refractivity contribution is 6.10. The van der Waals surface area contributed by atoms with Crippen molar-refractivity contribution in [3.8, 4) is 0 Å². The van der Waals surface area contributed by atoms with Gasteiger partial charge in [-0.2, -0.15) is 0 Å². The maximum absolute atomic E-state index is 13.1. The van der Waals surface area contributed by atoms with E-state index in [0.29, 0.717) is 6.42 Å². The summed E-state index contributed by atoms with van der Waals surface area (Å²) in [6.07, 6.45) is 3.53. The van der Waals surface area contributed by atoms with Crippen LogP contribution in [0.25, 0.3) is 0 Å². The van der Waals surface area contributed by atoms with Gasteiger partial charge >= 0.3 is 6.03 Å². The first-order valence-corrected chi connectivity index (χ1v) is 10.7. The lowest BCUT2D eigenvalue weighted by molar-refractivity contribution is -0.136. The van der Waals surface area contributed by atoms with Crippen molar-refractivity contribution in [3.63, 3.8) is 0 Å². The maximum atomic E-state index is 13.1. The van der Waals surface area contributed by atoms with E-state index >= 15 is 0 Å². The molecule has 0 radical (unpaired) electrons. The van der Waals surface area contributed by atoms with E-state index in [1.807, 2.05) is 25.1 Å². The fourth-order valence-electron chi connectivity index (χ4n) is 4.66. The number of carbonyl (C=O) groups excluding carboxylic acids is 3. The molecule has 2 fully saturated rings. The number of urea groups is 1. The van der Waals surface area contributed by atoms with Crippen LogP contribution in [0, 0.1) is 5.92 Å². The second kappa shape index (κ2) is 8.17. The summed E-state index contributed by atoms with van der Waals surface area (Å²) in [7, 11) is 0. The van der Waals surface area contributed by atoms with Crippen molar-refractivity contribution in [2.24, 2.45) is 5.92 Å². The lowest BCUT2D eigenvalue weighted by atomic mass is 9.73. The second-order valence-electron chi connectivity index (χ2n) is 9.11. The molecule has 2 atom stereocenters. The summed E-state index contributed by atoms with van der Waals surface area (Å²) in [6, 6.07) is 5.57. The van der Waals surface area contributed by atoms with Gasteiger partial charge in [0.15, 0.2) is 0 Å². The van der Waals surface area contributed by atoms with Gasteiger partial charge in [0.2, 0.25) is 5.91 Å². The number of carbonyl (C=O) groups is 3. The number of nitrogens with one attached hydrogen (secondary N) is 2. The molecule has 2 N–H and O–H groups in total. The van der Waals surface area contributed by atoms with Gasteiger partial charge in [-0.05, 0) is 41.7 Å². The van der Waals surface area contributed by atoms with E-state index in [-0.39, 0.29) is 36.1 Å². The fourth-order valence-corrected chi connectivity index (χ4v) is 4.66. The predicted molar refractivity (Wildman–Crippen MR) is 114 cm³/mol. The standard InChI is InChI=1S/C23H33N3O3/c1-14(2)17-10-8-11-18(15(3)4)20(17)24-19(27)13-26-21(28)23(25-22(26)29)12-7-6-9-16(23)5/h8,10-11,14-16H,6-7,9,12-13H2,1-5H3,(H,24,27)(H,25,29)/t16-,23-/m1/s1. The minimum Gasteiger partial charge on any atom is -0.324 e. The van der Waals surface area contributed by atoms with Gasteiger partial charge in [-0.25, -0.2) is 4.79 Å². The summed E-state index contributed by atoms with van der Waals surface area (Å²) < 4.78 is 0. The topological polar surface area (TPSA) is 78.5 Å². The molecule has 1 saturated heterocycles. The fraction of sp³-hybridized carbons (Fsp3) is 0.609. The van der Waals surface area contributed by atoms with E-state index in [9.17, 15) is 14.4 Å². The zero-order valence-electron chi connectivity index (χ0n) is 18.2. The first-order valence-electron chi connectivity index (χ1n) is 10.7. The van der Waals surface area contributed by atoms with Gasteiger partial charge < -0.3 is 10.6 Å². The van der Waals surface area contributed by atoms with Crippen molar-refractivity contribution in [3.05, 3.63) is 29.3 Å². The van der Waals surface area contributed by atoms with Crippen LogP contribution in [0.4, 0.5) is 10.5 Å². The quantitative estimate of drug-likeness (QED) is 0.722.